The zero-order chi connectivity index (χ0) is 11.1. The summed E-state index contributed by atoms with van der Waals surface area (Å²) in [6.45, 7) is 3.27. The standard InChI is InChI=1S/C11H17NO3/c1-2-15-8-11(14)7-12-9-3-5-10(13)6-4-9/h3-6,11-14H,2,7-8H2,1H3. The molecular weight excluding hydrogens is 194 g/mol. The van der Waals surface area contributed by atoms with Gasteiger partial charge >= 0.3 is 0 Å². The first-order valence-corrected chi connectivity index (χ1v) is 5.01. The summed E-state index contributed by atoms with van der Waals surface area (Å²) in [5.41, 5.74) is 0.864. The molecule has 1 rings (SSSR count). The van der Waals surface area contributed by atoms with Crippen molar-refractivity contribution in [3.05, 3.63) is 24.3 Å². The van der Waals surface area contributed by atoms with Crippen molar-refractivity contribution in [2.75, 3.05) is 25.1 Å². The molecule has 0 fully saturated rings. The van der Waals surface area contributed by atoms with Gasteiger partial charge < -0.3 is 20.3 Å². The number of ether oxygens (including phenoxy) is 1. The first kappa shape index (κ1) is 11.8. The Morgan fingerprint density at radius 2 is 2.00 bits per heavy atom. The second-order valence-corrected chi connectivity index (χ2v) is 3.24. The van der Waals surface area contributed by atoms with Crippen LogP contribution in [0.25, 0.3) is 0 Å². The molecule has 0 aromatic heterocycles. The number of aliphatic hydroxyl groups is 1. The molecule has 3 N–H and O–H groups in total. The number of hydrogen-bond acceptors (Lipinski definition) is 4. The van der Waals surface area contributed by atoms with Crippen molar-refractivity contribution in [3.8, 4) is 5.75 Å². The van der Waals surface area contributed by atoms with Gasteiger partial charge in [0, 0.05) is 18.8 Å². The third-order valence-corrected chi connectivity index (χ3v) is 1.92. The Morgan fingerprint density at radius 3 is 2.60 bits per heavy atom. The Morgan fingerprint density at radius 1 is 1.33 bits per heavy atom. The van der Waals surface area contributed by atoms with Crippen LogP contribution in [-0.2, 0) is 4.74 Å². The van der Waals surface area contributed by atoms with Gasteiger partial charge in [0.15, 0.2) is 0 Å². The summed E-state index contributed by atoms with van der Waals surface area (Å²) in [4.78, 5) is 0. The third kappa shape index (κ3) is 4.67. The fourth-order valence-electron chi connectivity index (χ4n) is 1.13. The number of rotatable bonds is 6. The number of phenolic OH excluding ortho intramolecular Hbond substituents is 1. The van der Waals surface area contributed by atoms with Gasteiger partial charge in [-0.25, -0.2) is 0 Å². The van der Waals surface area contributed by atoms with E-state index in [1.54, 1.807) is 24.3 Å². The Kier molecular flexibility index (Phi) is 4.93. The molecule has 1 atom stereocenters. The second-order valence-electron chi connectivity index (χ2n) is 3.24. The zero-order valence-electron chi connectivity index (χ0n) is 8.81. The number of hydrogen-bond donors (Lipinski definition) is 3. The van der Waals surface area contributed by atoms with Crippen LogP contribution in [0.3, 0.4) is 0 Å². The van der Waals surface area contributed by atoms with Gasteiger partial charge in [-0.05, 0) is 31.2 Å². The summed E-state index contributed by atoms with van der Waals surface area (Å²) in [5.74, 6) is 0.232. The molecule has 1 unspecified atom stereocenters. The van der Waals surface area contributed by atoms with E-state index in [1.807, 2.05) is 6.92 Å². The van der Waals surface area contributed by atoms with Crippen LogP contribution in [0.5, 0.6) is 5.75 Å². The van der Waals surface area contributed by atoms with Gasteiger partial charge in [0.2, 0.25) is 0 Å². The third-order valence-electron chi connectivity index (χ3n) is 1.92. The molecule has 0 aliphatic rings. The fraction of sp³-hybridized carbons (Fsp3) is 0.455. The number of aromatic hydroxyl groups is 1. The molecule has 0 heterocycles. The summed E-state index contributed by atoms with van der Waals surface area (Å²) in [6, 6.07) is 6.69. The van der Waals surface area contributed by atoms with E-state index in [0.717, 1.165) is 5.69 Å². The van der Waals surface area contributed by atoms with Gasteiger partial charge in [-0.2, -0.15) is 0 Å². The Balaban J connectivity index is 2.27. The molecule has 0 radical (unpaired) electrons. The van der Waals surface area contributed by atoms with Crippen LogP contribution in [-0.4, -0.2) is 36.1 Å². The number of nitrogens with one attached hydrogen (secondary N) is 1. The van der Waals surface area contributed by atoms with E-state index >= 15 is 0 Å². The smallest absolute Gasteiger partial charge is 0.115 e. The molecular formula is C11H17NO3. The van der Waals surface area contributed by atoms with Gasteiger partial charge in [0.1, 0.15) is 5.75 Å². The van der Waals surface area contributed by atoms with Gasteiger partial charge in [0.05, 0.1) is 12.7 Å². The van der Waals surface area contributed by atoms with Crippen LogP contribution in [0.1, 0.15) is 6.92 Å². The van der Waals surface area contributed by atoms with Crippen molar-refractivity contribution in [1.82, 2.24) is 0 Å². The van der Waals surface area contributed by atoms with Gasteiger partial charge in [-0.3, -0.25) is 0 Å². The molecule has 0 aliphatic heterocycles. The molecule has 4 heteroatoms. The largest absolute Gasteiger partial charge is 0.508 e. The molecule has 0 spiro atoms. The van der Waals surface area contributed by atoms with Crippen molar-refractivity contribution in [1.29, 1.82) is 0 Å². The fourth-order valence-corrected chi connectivity index (χ4v) is 1.13. The second kappa shape index (κ2) is 6.27. The lowest BCUT2D eigenvalue weighted by molar-refractivity contribution is 0.0496. The van der Waals surface area contributed by atoms with E-state index in [-0.39, 0.29) is 5.75 Å². The van der Waals surface area contributed by atoms with E-state index in [2.05, 4.69) is 5.32 Å². The summed E-state index contributed by atoms with van der Waals surface area (Å²) in [7, 11) is 0. The Labute approximate surface area is 89.5 Å². The van der Waals surface area contributed by atoms with Crippen molar-refractivity contribution >= 4 is 5.69 Å². The summed E-state index contributed by atoms with van der Waals surface area (Å²) in [5, 5.41) is 21.6. The summed E-state index contributed by atoms with van der Waals surface area (Å²) < 4.78 is 5.07. The lowest BCUT2D eigenvalue weighted by Gasteiger charge is -2.12. The monoisotopic (exact) mass is 211 g/mol. The van der Waals surface area contributed by atoms with E-state index in [0.29, 0.717) is 19.8 Å². The highest BCUT2D eigenvalue weighted by molar-refractivity contribution is 5.45. The van der Waals surface area contributed by atoms with Crippen LogP contribution >= 0.6 is 0 Å². The normalized spacial score (nSPS) is 12.4. The van der Waals surface area contributed by atoms with Crippen LogP contribution in [0.15, 0.2) is 24.3 Å². The minimum absolute atomic E-state index is 0.232. The minimum atomic E-state index is -0.515. The van der Waals surface area contributed by atoms with E-state index in [9.17, 15) is 5.11 Å². The molecule has 0 amide bonds. The van der Waals surface area contributed by atoms with Crippen molar-refractivity contribution < 1.29 is 14.9 Å². The van der Waals surface area contributed by atoms with E-state index < -0.39 is 6.10 Å². The highest BCUT2D eigenvalue weighted by Crippen LogP contribution is 2.13. The van der Waals surface area contributed by atoms with Crippen molar-refractivity contribution in [2.24, 2.45) is 0 Å². The zero-order valence-corrected chi connectivity index (χ0v) is 8.81. The van der Waals surface area contributed by atoms with E-state index in [1.165, 1.54) is 0 Å². The Bertz CT molecular complexity index is 274. The van der Waals surface area contributed by atoms with Gasteiger partial charge in [0.25, 0.3) is 0 Å². The predicted octanol–water partition coefficient (Wildman–Crippen LogP) is 1.20. The number of phenols is 1. The average molecular weight is 211 g/mol. The van der Waals surface area contributed by atoms with Crippen molar-refractivity contribution in [2.45, 2.75) is 13.0 Å². The predicted molar refractivity (Wildman–Crippen MR) is 59.1 cm³/mol. The number of aliphatic hydroxyl groups excluding tert-OH is 1. The molecule has 0 bridgehead atoms. The number of anilines is 1. The quantitative estimate of drug-likeness (QED) is 0.619. The average Bonchev–Trinajstić information content (AvgIpc) is 2.25. The lowest BCUT2D eigenvalue weighted by atomic mass is 10.3. The molecule has 0 aliphatic carbocycles. The maximum absolute atomic E-state index is 9.46. The van der Waals surface area contributed by atoms with Gasteiger partial charge in [-0.1, -0.05) is 0 Å². The first-order chi connectivity index (χ1) is 7.22. The minimum Gasteiger partial charge on any atom is -0.508 e. The molecule has 1 aromatic carbocycles. The molecule has 1 aromatic rings. The van der Waals surface area contributed by atoms with Crippen LogP contribution in [0.4, 0.5) is 5.69 Å². The lowest BCUT2D eigenvalue weighted by Crippen LogP contribution is -2.24. The van der Waals surface area contributed by atoms with E-state index in [4.69, 9.17) is 9.84 Å². The molecule has 0 saturated carbocycles. The highest BCUT2D eigenvalue weighted by Gasteiger charge is 2.02. The Hall–Kier alpha value is -1.26. The number of benzene rings is 1. The molecule has 15 heavy (non-hydrogen) atoms. The molecule has 4 nitrogen and oxygen atoms in total. The van der Waals surface area contributed by atoms with Crippen molar-refractivity contribution in [3.63, 3.8) is 0 Å². The SMILES string of the molecule is CCOCC(O)CNc1ccc(O)cc1. The van der Waals surface area contributed by atoms with Crippen LogP contribution < -0.4 is 5.32 Å². The van der Waals surface area contributed by atoms with Crippen LogP contribution in [0.2, 0.25) is 0 Å². The topological polar surface area (TPSA) is 61.7 Å². The summed E-state index contributed by atoms with van der Waals surface area (Å²) in [6.07, 6.45) is -0.515. The maximum Gasteiger partial charge on any atom is 0.115 e. The highest BCUT2D eigenvalue weighted by atomic mass is 16.5. The van der Waals surface area contributed by atoms with Crippen LogP contribution in [0, 0.1) is 0 Å². The molecule has 0 saturated heterocycles. The molecule has 84 valence electrons. The first-order valence-electron chi connectivity index (χ1n) is 5.01. The maximum atomic E-state index is 9.46. The van der Waals surface area contributed by atoms with Gasteiger partial charge in [-0.15, -0.1) is 0 Å². The summed E-state index contributed by atoms with van der Waals surface area (Å²) >= 11 is 0.